The van der Waals surface area contributed by atoms with Gasteiger partial charge < -0.3 is 10.5 Å². The molecule has 1 rings (SSSR count). The molecule has 16 heavy (non-hydrogen) atoms. The van der Waals surface area contributed by atoms with E-state index in [9.17, 15) is 8.42 Å². The van der Waals surface area contributed by atoms with Crippen LogP contribution in [-0.4, -0.2) is 27.9 Å². The third-order valence-electron chi connectivity index (χ3n) is 2.07. The summed E-state index contributed by atoms with van der Waals surface area (Å²) < 4.78 is 29.4. The molecule has 0 aliphatic heterocycles. The van der Waals surface area contributed by atoms with Crippen LogP contribution in [0.25, 0.3) is 0 Å². The number of halogens is 1. The minimum atomic E-state index is -3.32. The third kappa shape index (κ3) is 3.47. The third-order valence-corrected chi connectivity index (χ3v) is 4.42. The van der Waals surface area contributed by atoms with Crippen LogP contribution in [0.15, 0.2) is 27.6 Å². The van der Waals surface area contributed by atoms with E-state index < -0.39 is 9.84 Å². The SMILES string of the molecule is COCCCS(=O)(=O)c1cc(Br)ccc1N. The van der Waals surface area contributed by atoms with Gasteiger partial charge in [-0.3, -0.25) is 0 Å². The van der Waals surface area contributed by atoms with Crippen LogP contribution in [0, 0.1) is 0 Å². The number of ether oxygens (including phenoxy) is 1. The molecule has 6 heteroatoms. The van der Waals surface area contributed by atoms with E-state index in [0.29, 0.717) is 17.5 Å². The van der Waals surface area contributed by atoms with Crippen molar-refractivity contribution in [3.63, 3.8) is 0 Å². The first-order chi connectivity index (χ1) is 7.47. The molecule has 0 fully saturated rings. The van der Waals surface area contributed by atoms with Crippen LogP contribution in [0.4, 0.5) is 5.69 Å². The monoisotopic (exact) mass is 307 g/mol. The van der Waals surface area contributed by atoms with Gasteiger partial charge in [-0.15, -0.1) is 0 Å². The molecule has 0 spiro atoms. The minimum Gasteiger partial charge on any atom is -0.398 e. The van der Waals surface area contributed by atoms with Crippen LogP contribution in [0.5, 0.6) is 0 Å². The maximum absolute atomic E-state index is 11.9. The Labute approximate surface area is 104 Å². The van der Waals surface area contributed by atoms with Gasteiger partial charge in [-0.2, -0.15) is 0 Å². The maximum Gasteiger partial charge on any atom is 0.180 e. The number of methoxy groups -OCH3 is 1. The Morgan fingerprint density at radius 3 is 2.75 bits per heavy atom. The zero-order valence-corrected chi connectivity index (χ0v) is 11.3. The van der Waals surface area contributed by atoms with E-state index in [-0.39, 0.29) is 16.3 Å². The molecule has 0 heterocycles. The lowest BCUT2D eigenvalue weighted by molar-refractivity contribution is 0.199. The fourth-order valence-electron chi connectivity index (χ4n) is 1.28. The molecular weight excluding hydrogens is 294 g/mol. The summed E-state index contributed by atoms with van der Waals surface area (Å²) in [4.78, 5) is 0.179. The van der Waals surface area contributed by atoms with Gasteiger partial charge in [0.2, 0.25) is 0 Å². The predicted octanol–water partition coefficient (Wildman–Crippen LogP) is 1.84. The number of hydrogen-bond acceptors (Lipinski definition) is 4. The van der Waals surface area contributed by atoms with Crippen molar-refractivity contribution < 1.29 is 13.2 Å². The van der Waals surface area contributed by atoms with E-state index in [0.717, 1.165) is 0 Å². The van der Waals surface area contributed by atoms with Crippen molar-refractivity contribution in [1.29, 1.82) is 0 Å². The lowest BCUT2D eigenvalue weighted by Gasteiger charge is -2.07. The van der Waals surface area contributed by atoms with E-state index in [1.807, 2.05) is 0 Å². The molecule has 0 saturated heterocycles. The average Bonchev–Trinajstić information content (AvgIpc) is 2.22. The van der Waals surface area contributed by atoms with Gasteiger partial charge in [0.15, 0.2) is 9.84 Å². The molecule has 0 amide bonds. The standard InChI is InChI=1S/C10H14BrNO3S/c1-15-5-2-6-16(13,14)10-7-8(11)3-4-9(10)12/h3-4,7H,2,5-6,12H2,1H3. The maximum atomic E-state index is 11.9. The Morgan fingerprint density at radius 2 is 2.12 bits per heavy atom. The highest BCUT2D eigenvalue weighted by Crippen LogP contribution is 2.24. The molecule has 0 aliphatic rings. The van der Waals surface area contributed by atoms with E-state index in [1.54, 1.807) is 19.2 Å². The fraction of sp³-hybridized carbons (Fsp3) is 0.400. The fourth-order valence-corrected chi connectivity index (χ4v) is 3.24. The summed E-state index contributed by atoms with van der Waals surface area (Å²) in [5, 5.41) is 0. The Kier molecular flexibility index (Phi) is 4.76. The van der Waals surface area contributed by atoms with E-state index in [4.69, 9.17) is 10.5 Å². The lowest BCUT2D eigenvalue weighted by Crippen LogP contribution is -2.11. The Hall–Kier alpha value is -0.590. The number of anilines is 1. The molecular formula is C10H14BrNO3S. The highest BCUT2D eigenvalue weighted by molar-refractivity contribution is 9.10. The second-order valence-corrected chi connectivity index (χ2v) is 6.34. The summed E-state index contributed by atoms with van der Waals surface area (Å²) >= 11 is 3.23. The van der Waals surface area contributed by atoms with Crippen LogP contribution >= 0.6 is 15.9 Å². The van der Waals surface area contributed by atoms with Crippen molar-refractivity contribution in [2.24, 2.45) is 0 Å². The van der Waals surface area contributed by atoms with E-state index >= 15 is 0 Å². The number of benzene rings is 1. The van der Waals surface area contributed by atoms with Crippen LogP contribution in [0.2, 0.25) is 0 Å². The van der Waals surface area contributed by atoms with Crippen LogP contribution in [0.1, 0.15) is 6.42 Å². The van der Waals surface area contributed by atoms with Crippen LogP contribution in [0.3, 0.4) is 0 Å². The summed E-state index contributed by atoms with van der Waals surface area (Å²) in [6, 6.07) is 4.81. The molecule has 4 nitrogen and oxygen atoms in total. The number of hydrogen-bond donors (Lipinski definition) is 1. The van der Waals surface area contributed by atoms with Crippen molar-refractivity contribution in [2.45, 2.75) is 11.3 Å². The van der Waals surface area contributed by atoms with Crippen LogP contribution in [-0.2, 0) is 14.6 Å². The van der Waals surface area contributed by atoms with Gasteiger partial charge in [0.1, 0.15) is 0 Å². The van der Waals surface area contributed by atoms with Gasteiger partial charge in [-0.05, 0) is 24.6 Å². The highest BCUT2D eigenvalue weighted by Gasteiger charge is 2.17. The van der Waals surface area contributed by atoms with Gasteiger partial charge in [0.05, 0.1) is 16.3 Å². The van der Waals surface area contributed by atoms with E-state index in [2.05, 4.69) is 15.9 Å². The number of nitrogen functional groups attached to an aromatic ring is 1. The first-order valence-corrected chi connectivity index (χ1v) is 7.18. The summed E-state index contributed by atoms with van der Waals surface area (Å²) in [5.74, 6) is 0.0431. The number of nitrogens with two attached hydrogens (primary N) is 1. The second kappa shape index (κ2) is 5.65. The van der Waals surface area contributed by atoms with Gasteiger partial charge in [-0.1, -0.05) is 15.9 Å². The molecule has 2 N–H and O–H groups in total. The normalized spacial score (nSPS) is 11.6. The molecule has 0 unspecified atom stereocenters. The predicted molar refractivity (Wildman–Crippen MR) is 67.1 cm³/mol. The summed E-state index contributed by atoms with van der Waals surface area (Å²) in [6.45, 7) is 0.424. The molecule has 0 atom stereocenters. The van der Waals surface area contributed by atoms with Crippen molar-refractivity contribution in [2.75, 3.05) is 25.2 Å². The molecule has 1 aromatic rings. The average molecular weight is 308 g/mol. The van der Waals surface area contributed by atoms with Gasteiger partial charge >= 0.3 is 0 Å². The molecule has 1 aromatic carbocycles. The van der Waals surface area contributed by atoms with Crippen molar-refractivity contribution in [1.82, 2.24) is 0 Å². The first-order valence-electron chi connectivity index (χ1n) is 4.74. The Bertz CT molecular complexity index is 459. The molecule has 0 saturated carbocycles. The summed E-state index contributed by atoms with van der Waals surface area (Å²) in [5.41, 5.74) is 5.93. The largest absolute Gasteiger partial charge is 0.398 e. The molecule has 0 aliphatic carbocycles. The smallest absolute Gasteiger partial charge is 0.180 e. The number of sulfone groups is 1. The van der Waals surface area contributed by atoms with Crippen molar-refractivity contribution in [3.05, 3.63) is 22.7 Å². The highest BCUT2D eigenvalue weighted by atomic mass is 79.9. The summed E-state index contributed by atoms with van der Waals surface area (Å²) in [6.07, 6.45) is 0.463. The molecule has 0 radical (unpaired) electrons. The van der Waals surface area contributed by atoms with E-state index in [1.165, 1.54) is 6.07 Å². The van der Waals surface area contributed by atoms with Crippen LogP contribution < -0.4 is 5.73 Å². The molecule has 90 valence electrons. The van der Waals surface area contributed by atoms with Gasteiger partial charge in [0, 0.05) is 18.2 Å². The van der Waals surface area contributed by atoms with Crippen molar-refractivity contribution >= 4 is 31.5 Å². The summed E-state index contributed by atoms with van der Waals surface area (Å²) in [7, 11) is -1.78. The van der Waals surface area contributed by atoms with Gasteiger partial charge in [-0.25, -0.2) is 8.42 Å². The quantitative estimate of drug-likeness (QED) is 0.665. The minimum absolute atomic E-state index is 0.0431. The zero-order chi connectivity index (χ0) is 12.2. The Balaban J connectivity index is 2.93. The topological polar surface area (TPSA) is 69.4 Å². The first kappa shape index (κ1) is 13.5. The zero-order valence-electron chi connectivity index (χ0n) is 8.94. The Morgan fingerprint density at radius 1 is 1.44 bits per heavy atom. The molecule has 0 bridgehead atoms. The lowest BCUT2D eigenvalue weighted by atomic mass is 10.3. The van der Waals surface area contributed by atoms with Crippen molar-refractivity contribution in [3.8, 4) is 0 Å². The molecule has 0 aromatic heterocycles. The number of rotatable bonds is 5. The van der Waals surface area contributed by atoms with Gasteiger partial charge in [0.25, 0.3) is 0 Å². The second-order valence-electron chi connectivity index (χ2n) is 3.35.